The molecule has 3 nitrogen and oxygen atoms in total. The van der Waals surface area contributed by atoms with Gasteiger partial charge in [0.25, 0.3) is 0 Å². The Labute approximate surface area is 114 Å². The molecule has 0 aromatic heterocycles. The summed E-state index contributed by atoms with van der Waals surface area (Å²) in [6.45, 7) is -0.118. The Morgan fingerprint density at radius 2 is 1.90 bits per heavy atom. The first-order valence-electron chi connectivity index (χ1n) is 5.84. The summed E-state index contributed by atoms with van der Waals surface area (Å²) in [5.74, 6) is -0.795. The van der Waals surface area contributed by atoms with E-state index in [0.717, 1.165) is 6.07 Å². The summed E-state index contributed by atoms with van der Waals surface area (Å²) in [4.78, 5) is 10.5. The van der Waals surface area contributed by atoms with Gasteiger partial charge in [0.2, 0.25) is 0 Å². The maximum Gasteiger partial charge on any atom is 0.165 e. The quantitative estimate of drug-likeness (QED) is 0.787. The number of ether oxygens (including phenoxy) is 2. The van der Waals surface area contributed by atoms with Crippen molar-refractivity contribution < 1.29 is 23.0 Å². The predicted octanol–water partition coefficient (Wildman–Crippen LogP) is 3.36. The summed E-state index contributed by atoms with van der Waals surface area (Å²) < 4.78 is 37.3. The Kier molecular flexibility index (Phi) is 4.30. The van der Waals surface area contributed by atoms with E-state index in [1.807, 2.05) is 0 Å². The minimum atomic E-state index is -0.663. The highest BCUT2D eigenvalue weighted by Gasteiger charge is 2.08. The van der Waals surface area contributed by atoms with Gasteiger partial charge in [0.05, 0.1) is 7.11 Å². The Hall–Kier alpha value is -2.43. The van der Waals surface area contributed by atoms with E-state index in [1.54, 1.807) is 6.07 Å². The lowest BCUT2D eigenvalue weighted by Crippen LogP contribution is -2.01. The third kappa shape index (κ3) is 3.12. The van der Waals surface area contributed by atoms with Crippen LogP contribution < -0.4 is 9.47 Å². The minimum absolute atomic E-state index is 0.0363. The molecule has 0 fully saturated rings. The van der Waals surface area contributed by atoms with Crippen LogP contribution in [0.4, 0.5) is 8.78 Å². The molecule has 0 aliphatic heterocycles. The molecular formula is C15H12F2O3. The smallest absolute Gasteiger partial charge is 0.165 e. The summed E-state index contributed by atoms with van der Waals surface area (Å²) in [6, 6.07) is 8.15. The van der Waals surface area contributed by atoms with Crippen LogP contribution >= 0.6 is 0 Å². The zero-order valence-electron chi connectivity index (χ0n) is 10.7. The summed E-state index contributed by atoms with van der Waals surface area (Å²) in [5.41, 5.74) is 0.496. The second kappa shape index (κ2) is 6.14. The fourth-order valence-corrected chi connectivity index (χ4v) is 1.64. The number of carbonyl (C=O) groups is 1. The Morgan fingerprint density at radius 3 is 2.50 bits per heavy atom. The molecule has 0 aliphatic rings. The lowest BCUT2D eigenvalue weighted by atomic mass is 10.2. The predicted molar refractivity (Wildman–Crippen MR) is 69.1 cm³/mol. The second-order valence-electron chi connectivity index (χ2n) is 4.05. The molecule has 0 radical (unpaired) electrons. The van der Waals surface area contributed by atoms with Gasteiger partial charge in [0, 0.05) is 17.2 Å². The highest BCUT2D eigenvalue weighted by Crippen LogP contribution is 2.21. The van der Waals surface area contributed by atoms with Crippen molar-refractivity contribution in [3.63, 3.8) is 0 Å². The van der Waals surface area contributed by atoms with Crippen LogP contribution in [0.1, 0.15) is 15.9 Å². The normalized spacial score (nSPS) is 10.2. The van der Waals surface area contributed by atoms with E-state index in [4.69, 9.17) is 9.47 Å². The summed E-state index contributed by atoms with van der Waals surface area (Å²) in [7, 11) is 1.44. The first-order valence-corrected chi connectivity index (χ1v) is 5.84. The molecule has 104 valence electrons. The minimum Gasteiger partial charge on any atom is -0.497 e. The van der Waals surface area contributed by atoms with Gasteiger partial charge < -0.3 is 9.47 Å². The van der Waals surface area contributed by atoms with Gasteiger partial charge in [-0.25, -0.2) is 8.78 Å². The van der Waals surface area contributed by atoms with E-state index < -0.39 is 11.6 Å². The van der Waals surface area contributed by atoms with Crippen LogP contribution in [-0.4, -0.2) is 13.4 Å². The number of hydrogen-bond donors (Lipinski definition) is 0. The third-order valence-electron chi connectivity index (χ3n) is 2.74. The van der Waals surface area contributed by atoms with Crippen LogP contribution in [0.3, 0.4) is 0 Å². The molecule has 0 saturated heterocycles. The molecule has 0 saturated carbocycles. The van der Waals surface area contributed by atoms with E-state index in [0.29, 0.717) is 12.0 Å². The number of halogens is 2. The van der Waals surface area contributed by atoms with Crippen molar-refractivity contribution in [2.45, 2.75) is 6.61 Å². The molecule has 0 aliphatic carbocycles. The molecule has 2 aromatic rings. The summed E-state index contributed by atoms with van der Waals surface area (Å²) in [6.07, 6.45) is 0.538. The van der Waals surface area contributed by atoms with Crippen molar-refractivity contribution in [3.8, 4) is 11.5 Å². The molecule has 5 heteroatoms. The van der Waals surface area contributed by atoms with Crippen molar-refractivity contribution >= 4 is 6.29 Å². The van der Waals surface area contributed by atoms with Crippen LogP contribution in [-0.2, 0) is 6.61 Å². The highest BCUT2D eigenvalue weighted by atomic mass is 19.1. The number of rotatable bonds is 5. The van der Waals surface area contributed by atoms with Crippen LogP contribution in [0, 0.1) is 11.6 Å². The zero-order chi connectivity index (χ0) is 14.5. The Balaban J connectivity index is 2.10. The van der Waals surface area contributed by atoms with Crippen LogP contribution in [0.5, 0.6) is 11.5 Å². The topological polar surface area (TPSA) is 35.5 Å². The van der Waals surface area contributed by atoms with E-state index in [9.17, 15) is 13.6 Å². The van der Waals surface area contributed by atoms with Crippen molar-refractivity contribution in [2.75, 3.05) is 7.11 Å². The third-order valence-corrected chi connectivity index (χ3v) is 2.74. The number of carbonyl (C=O) groups excluding carboxylic acids is 1. The number of methoxy groups -OCH3 is 1. The average Bonchev–Trinajstić information content (AvgIpc) is 2.46. The van der Waals surface area contributed by atoms with Gasteiger partial charge in [-0.3, -0.25) is 4.79 Å². The maximum absolute atomic E-state index is 13.7. The number of benzene rings is 2. The van der Waals surface area contributed by atoms with E-state index in [-0.39, 0.29) is 23.5 Å². The van der Waals surface area contributed by atoms with E-state index in [2.05, 4.69) is 0 Å². The van der Waals surface area contributed by atoms with Crippen LogP contribution in [0.25, 0.3) is 0 Å². The summed E-state index contributed by atoms with van der Waals surface area (Å²) >= 11 is 0. The highest BCUT2D eigenvalue weighted by molar-refractivity contribution is 5.74. The first-order chi connectivity index (χ1) is 9.63. The zero-order valence-corrected chi connectivity index (χ0v) is 10.7. The molecule has 0 heterocycles. The van der Waals surface area contributed by atoms with Crippen molar-refractivity contribution in [1.29, 1.82) is 0 Å². The maximum atomic E-state index is 13.7. The fraction of sp³-hybridized carbons (Fsp3) is 0.133. The molecule has 0 bridgehead atoms. The molecule has 0 atom stereocenters. The van der Waals surface area contributed by atoms with Gasteiger partial charge in [-0.1, -0.05) is 0 Å². The van der Waals surface area contributed by atoms with Crippen molar-refractivity contribution in [1.82, 2.24) is 0 Å². The Morgan fingerprint density at radius 1 is 1.10 bits per heavy atom. The van der Waals surface area contributed by atoms with E-state index >= 15 is 0 Å². The Bertz CT molecular complexity index is 627. The van der Waals surface area contributed by atoms with Gasteiger partial charge in [-0.15, -0.1) is 0 Å². The lowest BCUT2D eigenvalue weighted by molar-refractivity contribution is 0.112. The number of aldehydes is 1. The summed E-state index contributed by atoms with van der Waals surface area (Å²) in [5, 5.41) is 0. The van der Waals surface area contributed by atoms with Gasteiger partial charge in [0.15, 0.2) is 11.6 Å². The molecule has 0 N–H and O–H groups in total. The van der Waals surface area contributed by atoms with Gasteiger partial charge in [-0.05, 0) is 30.3 Å². The standard InChI is InChI=1S/C15H12F2O3/c1-19-12-4-3-11(13(16)7-12)9-20-15-5-2-10(8-18)6-14(15)17/h2-8H,9H2,1H3. The molecule has 20 heavy (non-hydrogen) atoms. The molecular weight excluding hydrogens is 266 g/mol. The molecule has 0 amide bonds. The van der Waals surface area contributed by atoms with Gasteiger partial charge in [0.1, 0.15) is 24.5 Å². The monoisotopic (exact) mass is 278 g/mol. The number of hydrogen-bond acceptors (Lipinski definition) is 3. The molecule has 0 spiro atoms. The van der Waals surface area contributed by atoms with Crippen LogP contribution in [0.2, 0.25) is 0 Å². The van der Waals surface area contributed by atoms with Crippen molar-refractivity contribution in [2.24, 2.45) is 0 Å². The lowest BCUT2D eigenvalue weighted by Gasteiger charge is -2.09. The molecule has 0 unspecified atom stereocenters. The van der Waals surface area contributed by atoms with E-state index in [1.165, 1.54) is 31.4 Å². The largest absolute Gasteiger partial charge is 0.497 e. The SMILES string of the molecule is COc1ccc(COc2ccc(C=O)cc2F)c(F)c1. The molecule has 2 rings (SSSR count). The average molecular weight is 278 g/mol. The first kappa shape index (κ1) is 14.0. The second-order valence-corrected chi connectivity index (χ2v) is 4.05. The van der Waals surface area contributed by atoms with Crippen LogP contribution in [0.15, 0.2) is 36.4 Å². The fourth-order valence-electron chi connectivity index (χ4n) is 1.64. The van der Waals surface area contributed by atoms with Crippen molar-refractivity contribution in [3.05, 3.63) is 59.2 Å². The van der Waals surface area contributed by atoms with Gasteiger partial charge in [-0.2, -0.15) is 0 Å². The van der Waals surface area contributed by atoms with Gasteiger partial charge >= 0.3 is 0 Å². The molecule has 2 aromatic carbocycles.